The van der Waals surface area contributed by atoms with Crippen LogP contribution in [0.2, 0.25) is 0 Å². The first kappa shape index (κ1) is 25.0. The number of thiophene rings is 1. The summed E-state index contributed by atoms with van der Waals surface area (Å²) in [5, 5.41) is 7.76. The predicted molar refractivity (Wildman–Crippen MR) is 132 cm³/mol. The molecule has 33 heavy (non-hydrogen) atoms. The van der Waals surface area contributed by atoms with Gasteiger partial charge in [-0.3, -0.25) is 14.4 Å². The minimum atomic E-state index is -0.668. The zero-order valence-corrected chi connectivity index (χ0v) is 21.1. The van der Waals surface area contributed by atoms with Crippen molar-refractivity contribution in [2.75, 3.05) is 13.1 Å². The van der Waals surface area contributed by atoms with E-state index in [-0.39, 0.29) is 42.0 Å². The zero-order chi connectivity index (χ0) is 24.2. The smallest absolute Gasteiger partial charge is 0.251 e. The Morgan fingerprint density at radius 3 is 2.42 bits per heavy atom. The SMILES string of the molecule is CC(C)C(NC(=O)c1ccc(C(C)(C)C)cc1)C(=O)NCCC(=O)N1CCc2sccc2C1. The highest BCUT2D eigenvalue weighted by Gasteiger charge is 2.26. The van der Waals surface area contributed by atoms with E-state index < -0.39 is 6.04 Å². The average molecular weight is 470 g/mol. The maximum atomic E-state index is 12.8. The molecule has 2 aromatic rings. The number of amides is 3. The first-order valence-corrected chi connectivity index (χ1v) is 12.5. The van der Waals surface area contributed by atoms with Crippen molar-refractivity contribution in [1.29, 1.82) is 0 Å². The summed E-state index contributed by atoms with van der Waals surface area (Å²) in [5.74, 6) is -0.592. The number of carbonyl (C=O) groups excluding carboxylic acids is 3. The Labute approximate surface area is 200 Å². The number of nitrogens with one attached hydrogen (secondary N) is 2. The van der Waals surface area contributed by atoms with E-state index >= 15 is 0 Å². The molecule has 0 bridgehead atoms. The molecule has 1 aliphatic rings. The Morgan fingerprint density at radius 1 is 1.09 bits per heavy atom. The van der Waals surface area contributed by atoms with Gasteiger partial charge in [0.25, 0.3) is 5.91 Å². The summed E-state index contributed by atoms with van der Waals surface area (Å²) in [6.07, 6.45) is 1.14. The zero-order valence-electron chi connectivity index (χ0n) is 20.2. The highest BCUT2D eigenvalue weighted by atomic mass is 32.1. The lowest BCUT2D eigenvalue weighted by molar-refractivity contribution is -0.132. The van der Waals surface area contributed by atoms with Crippen molar-refractivity contribution >= 4 is 29.1 Å². The summed E-state index contributed by atoms with van der Waals surface area (Å²) in [6.45, 7) is 11.8. The van der Waals surface area contributed by atoms with Gasteiger partial charge in [-0.25, -0.2) is 0 Å². The molecule has 7 heteroatoms. The van der Waals surface area contributed by atoms with E-state index in [2.05, 4.69) is 42.9 Å². The molecule has 2 heterocycles. The van der Waals surface area contributed by atoms with E-state index in [1.807, 2.05) is 30.9 Å². The van der Waals surface area contributed by atoms with Gasteiger partial charge in [-0.2, -0.15) is 0 Å². The molecule has 1 aromatic heterocycles. The second-order valence-electron chi connectivity index (χ2n) is 10.00. The van der Waals surface area contributed by atoms with Gasteiger partial charge in [-0.05, 0) is 52.5 Å². The summed E-state index contributed by atoms with van der Waals surface area (Å²) in [5.41, 5.74) is 2.90. The van der Waals surface area contributed by atoms with Crippen LogP contribution in [0.4, 0.5) is 0 Å². The van der Waals surface area contributed by atoms with Crippen molar-refractivity contribution in [1.82, 2.24) is 15.5 Å². The lowest BCUT2D eigenvalue weighted by atomic mass is 9.86. The largest absolute Gasteiger partial charge is 0.354 e. The predicted octanol–water partition coefficient (Wildman–Crippen LogP) is 3.89. The van der Waals surface area contributed by atoms with Crippen molar-refractivity contribution in [2.24, 2.45) is 5.92 Å². The number of carbonyl (C=O) groups is 3. The van der Waals surface area contributed by atoms with Crippen molar-refractivity contribution in [3.05, 3.63) is 57.3 Å². The molecule has 3 rings (SSSR count). The van der Waals surface area contributed by atoms with Gasteiger partial charge in [0.1, 0.15) is 6.04 Å². The second-order valence-corrected chi connectivity index (χ2v) is 11.0. The molecule has 3 amide bonds. The van der Waals surface area contributed by atoms with Crippen LogP contribution in [-0.2, 0) is 28.0 Å². The fourth-order valence-corrected chi connectivity index (χ4v) is 4.79. The van der Waals surface area contributed by atoms with Crippen molar-refractivity contribution in [2.45, 2.75) is 65.5 Å². The molecule has 0 saturated heterocycles. The van der Waals surface area contributed by atoms with Gasteiger partial charge in [-0.1, -0.05) is 46.8 Å². The normalized spacial score (nSPS) is 14.5. The summed E-state index contributed by atoms with van der Waals surface area (Å²) in [6, 6.07) is 8.89. The summed E-state index contributed by atoms with van der Waals surface area (Å²) in [7, 11) is 0. The van der Waals surface area contributed by atoms with Gasteiger partial charge < -0.3 is 15.5 Å². The molecule has 0 saturated carbocycles. The molecule has 178 valence electrons. The van der Waals surface area contributed by atoms with E-state index in [0.29, 0.717) is 12.1 Å². The maximum absolute atomic E-state index is 12.8. The molecular formula is C26H35N3O3S. The van der Waals surface area contributed by atoms with Crippen LogP contribution < -0.4 is 10.6 Å². The molecule has 0 spiro atoms. The molecule has 1 atom stereocenters. The van der Waals surface area contributed by atoms with Gasteiger partial charge >= 0.3 is 0 Å². The summed E-state index contributed by atoms with van der Waals surface area (Å²) >= 11 is 1.74. The Kier molecular flexibility index (Phi) is 7.95. The molecular weight excluding hydrogens is 434 g/mol. The number of benzene rings is 1. The van der Waals surface area contributed by atoms with Crippen LogP contribution in [-0.4, -0.2) is 41.8 Å². The van der Waals surface area contributed by atoms with Crippen LogP contribution in [0, 0.1) is 5.92 Å². The minimum Gasteiger partial charge on any atom is -0.354 e. The quantitative estimate of drug-likeness (QED) is 0.646. The number of rotatable bonds is 7. The third-order valence-electron chi connectivity index (χ3n) is 6.05. The van der Waals surface area contributed by atoms with E-state index in [1.165, 1.54) is 10.4 Å². The Bertz CT molecular complexity index is 989. The van der Waals surface area contributed by atoms with Crippen LogP contribution in [0.3, 0.4) is 0 Å². The monoisotopic (exact) mass is 469 g/mol. The number of fused-ring (bicyclic) bond motifs is 1. The fourth-order valence-electron chi connectivity index (χ4n) is 3.90. The van der Waals surface area contributed by atoms with Gasteiger partial charge in [0.2, 0.25) is 11.8 Å². The topological polar surface area (TPSA) is 78.5 Å². The highest BCUT2D eigenvalue weighted by Crippen LogP contribution is 2.24. The fraction of sp³-hybridized carbons (Fsp3) is 0.500. The van der Waals surface area contributed by atoms with E-state index in [0.717, 1.165) is 18.5 Å². The third-order valence-corrected chi connectivity index (χ3v) is 7.07. The second kappa shape index (κ2) is 10.5. The van der Waals surface area contributed by atoms with Gasteiger partial charge in [-0.15, -0.1) is 11.3 Å². The molecule has 0 aliphatic carbocycles. The summed E-state index contributed by atoms with van der Waals surface area (Å²) < 4.78 is 0. The first-order chi connectivity index (χ1) is 15.6. The summed E-state index contributed by atoms with van der Waals surface area (Å²) in [4.78, 5) is 41.3. The highest BCUT2D eigenvalue weighted by molar-refractivity contribution is 7.10. The van der Waals surface area contributed by atoms with Gasteiger partial charge in [0, 0.05) is 36.5 Å². The van der Waals surface area contributed by atoms with Crippen LogP contribution >= 0.6 is 11.3 Å². The molecule has 0 radical (unpaired) electrons. The van der Waals surface area contributed by atoms with Crippen LogP contribution in [0.1, 0.15) is 67.4 Å². The van der Waals surface area contributed by atoms with Crippen molar-refractivity contribution < 1.29 is 14.4 Å². The van der Waals surface area contributed by atoms with Crippen molar-refractivity contribution in [3.63, 3.8) is 0 Å². The van der Waals surface area contributed by atoms with E-state index in [1.54, 1.807) is 23.5 Å². The van der Waals surface area contributed by atoms with E-state index in [9.17, 15) is 14.4 Å². The lowest BCUT2D eigenvalue weighted by Gasteiger charge is -2.27. The number of hydrogen-bond acceptors (Lipinski definition) is 4. The number of hydrogen-bond donors (Lipinski definition) is 2. The van der Waals surface area contributed by atoms with Gasteiger partial charge in [0.05, 0.1) is 0 Å². The van der Waals surface area contributed by atoms with Crippen LogP contribution in [0.25, 0.3) is 0 Å². The van der Waals surface area contributed by atoms with Crippen molar-refractivity contribution in [3.8, 4) is 0 Å². The molecule has 1 aliphatic heterocycles. The molecule has 6 nitrogen and oxygen atoms in total. The van der Waals surface area contributed by atoms with Crippen LogP contribution in [0.15, 0.2) is 35.7 Å². The third kappa shape index (κ3) is 6.44. The molecule has 1 unspecified atom stereocenters. The molecule has 1 aromatic carbocycles. The number of nitrogens with zero attached hydrogens (tertiary/aromatic N) is 1. The van der Waals surface area contributed by atoms with Crippen LogP contribution in [0.5, 0.6) is 0 Å². The standard InChI is InChI=1S/C26H35N3O3S/c1-17(2)23(28-24(31)18-6-8-20(9-7-18)26(3,4)5)25(32)27-13-10-22(30)29-14-11-21-19(16-29)12-15-33-21/h6-9,12,15,17,23H,10-11,13-14,16H2,1-5H3,(H,27,32)(H,28,31). The van der Waals surface area contributed by atoms with E-state index in [4.69, 9.17) is 0 Å². The Morgan fingerprint density at radius 2 is 1.79 bits per heavy atom. The maximum Gasteiger partial charge on any atom is 0.251 e. The lowest BCUT2D eigenvalue weighted by Crippen LogP contribution is -2.50. The molecule has 2 N–H and O–H groups in total. The Balaban J connectivity index is 1.50. The average Bonchev–Trinajstić information content (AvgIpc) is 3.24. The van der Waals surface area contributed by atoms with Gasteiger partial charge in [0.15, 0.2) is 0 Å². The Hall–Kier alpha value is -2.67. The first-order valence-electron chi connectivity index (χ1n) is 11.6. The minimum absolute atomic E-state index is 0.00693. The molecule has 0 fully saturated rings.